The van der Waals surface area contributed by atoms with Crippen LogP contribution in [0.5, 0.6) is 0 Å². The number of fused-ring (bicyclic) bond motifs is 1. The fraction of sp³-hybridized carbons (Fsp3) is 0.333. The van der Waals surface area contributed by atoms with Crippen LogP contribution in [-0.2, 0) is 0 Å². The van der Waals surface area contributed by atoms with Crippen molar-refractivity contribution in [2.75, 3.05) is 0 Å². The zero-order chi connectivity index (χ0) is 11.9. The fourth-order valence-corrected chi connectivity index (χ4v) is 3.94. The lowest BCUT2D eigenvalue weighted by Crippen LogP contribution is -2.14. The van der Waals surface area contributed by atoms with Crippen LogP contribution in [0.1, 0.15) is 19.3 Å². The second kappa shape index (κ2) is 3.98. The third-order valence-electron chi connectivity index (χ3n) is 4.83. The molecule has 0 aromatic heterocycles. The van der Waals surface area contributed by atoms with E-state index in [0.29, 0.717) is 11.8 Å². The van der Waals surface area contributed by atoms with Crippen molar-refractivity contribution in [1.29, 1.82) is 0 Å². The molecule has 3 unspecified atom stereocenters. The molecule has 0 spiro atoms. The van der Waals surface area contributed by atoms with E-state index in [1.807, 2.05) is 0 Å². The second-order valence-electron chi connectivity index (χ2n) is 5.79. The monoisotopic (exact) mass is 234 g/mol. The Balaban J connectivity index is 1.95. The molecule has 3 atom stereocenters. The van der Waals surface area contributed by atoms with Crippen LogP contribution in [0.3, 0.4) is 0 Å². The van der Waals surface area contributed by atoms with Gasteiger partial charge in [0, 0.05) is 5.92 Å². The van der Waals surface area contributed by atoms with Crippen molar-refractivity contribution in [3.8, 4) is 0 Å². The molecule has 0 aromatic carbocycles. The van der Waals surface area contributed by atoms with E-state index in [9.17, 15) is 0 Å². The van der Waals surface area contributed by atoms with Gasteiger partial charge >= 0.3 is 0 Å². The van der Waals surface area contributed by atoms with Crippen LogP contribution in [0.15, 0.2) is 71.4 Å². The van der Waals surface area contributed by atoms with Crippen molar-refractivity contribution in [3.63, 3.8) is 0 Å². The Hall–Kier alpha value is -1.56. The third kappa shape index (κ3) is 1.52. The van der Waals surface area contributed by atoms with Gasteiger partial charge in [-0.2, -0.15) is 0 Å². The molecular weight excluding hydrogens is 216 g/mol. The highest BCUT2D eigenvalue weighted by molar-refractivity contribution is 5.46. The standard InChI is InChI=1S/C18H18/c1-2-6-14-12-16-8-4-3-7-15-11-13(5-1)17(14)9-10-18(15)16/h1-8,11,14,17-18H,9-10,12H2. The quantitative estimate of drug-likeness (QED) is 0.578. The molecular formula is C18H18. The molecule has 0 amide bonds. The van der Waals surface area contributed by atoms with Crippen LogP contribution in [0.25, 0.3) is 0 Å². The summed E-state index contributed by atoms with van der Waals surface area (Å²) in [5.74, 6) is 2.11. The van der Waals surface area contributed by atoms with Crippen molar-refractivity contribution in [2.24, 2.45) is 17.8 Å². The predicted octanol–water partition coefficient (Wildman–Crippen LogP) is 4.51. The minimum Gasteiger partial charge on any atom is -0.0805 e. The van der Waals surface area contributed by atoms with E-state index in [0.717, 1.165) is 5.92 Å². The Morgan fingerprint density at radius 1 is 0.889 bits per heavy atom. The molecule has 0 saturated heterocycles. The molecule has 1 fully saturated rings. The van der Waals surface area contributed by atoms with Crippen molar-refractivity contribution in [2.45, 2.75) is 19.3 Å². The van der Waals surface area contributed by atoms with E-state index in [1.54, 1.807) is 11.1 Å². The molecule has 18 heavy (non-hydrogen) atoms. The molecule has 0 aliphatic heterocycles. The lowest BCUT2D eigenvalue weighted by Gasteiger charge is -2.25. The molecule has 0 radical (unpaired) electrons. The first kappa shape index (κ1) is 10.4. The summed E-state index contributed by atoms with van der Waals surface area (Å²) in [6.45, 7) is 0. The van der Waals surface area contributed by atoms with Gasteiger partial charge in [0.1, 0.15) is 0 Å². The molecule has 90 valence electrons. The van der Waals surface area contributed by atoms with E-state index in [4.69, 9.17) is 0 Å². The number of hydrogen-bond donors (Lipinski definition) is 0. The Morgan fingerprint density at radius 2 is 1.83 bits per heavy atom. The summed E-state index contributed by atoms with van der Waals surface area (Å²) in [6.07, 6.45) is 24.7. The van der Waals surface area contributed by atoms with Gasteiger partial charge in [-0.3, -0.25) is 0 Å². The molecule has 4 aliphatic rings. The topological polar surface area (TPSA) is 0 Å². The van der Waals surface area contributed by atoms with E-state index in [2.05, 4.69) is 54.7 Å². The number of hydrogen-bond acceptors (Lipinski definition) is 0. The van der Waals surface area contributed by atoms with E-state index in [1.165, 1.54) is 24.8 Å². The van der Waals surface area contributed by atoms with Crippen LogP contribution < -0.4 is 0 Å². The van der Waals surface area contributed by atoms with E-state index < -0.39 is 0 Å². The average Bonchev–Trinajstić information content (AvgIpc) is 2.80. The van der Waals surface area contributed by atoms with Crippen molar-refractivity contribution in [3.05, 3.63) is 71.4 Å². The lowest BCUT2D eigenvalue weighted by molar-refractivity contribution is 0.447. The summed E-state index contributed by atoms with van der Waals surface area (Å²) in [6, 6.07) is 0. The van der Waals surface area contributed by atoms with Gasteiger partial charge in [-0.25, -0.2) is 0 Å². The second-order valence-corrected chi connectivity index (χ2v) is 5.79. The molecule has 0 N–H and O–H groups in total. The number of rotatable bonds is 0. The first-order chi connectivity index (χ1) is 8.92. The SMILES string of the molecule is C1=CC=C2CC3C=CC=CC4=CC(=C1)C2CCC43. The van der Waals surface area contributed by atoms with Gasteiger partial charge in [-0.1, -0.05) is 60.3 Å². The van der Waals surface area contributed by atoms with E-state index >= 15 is 0 Å². The highest BCUT2D eigenvalue weighted by atomic mass is 14.4. The maximum absolute atomic E-state index is 2.46. The lowest BCUT2D eigenvalue weighted by atomic mass is 9.79. The largest absolute Gasteiger partial charge is 0.0805 e. The van der Waals surface area contributed by atoms with Crippen LogP contribution in [0, 0.1) is 17.8 Å². The Labute approximate surface area is 109 Å². The molecule has 1 saturated carbocycles. The molecule has 4 aliphatic carbocycles. The van der Waals surface area contributed by atoms with Crippen LogP contribution in [0.4, 0.5) is 0 Å². The molecule has 0 aromatic rings. The van der Waals surface area contributed by atoms with Crippen molar-refractivity contribution >= 4 is 0 Å². The number of allylic oxidation sites excluding steroid dienone is 12. The van der Waals surface area contributed by atoms with Crippen LogP contribution in [0.2, 0.25) is 0 Å². The van der Waals surface area contributed by atoms with E-state index in [-0.39, 0.29) is 0 Å². The summed E-state index contributed by atoms with van der Waals surface area (Å²) >= 11 is 0. The van der Waals surface area contributed by atoms with Crippen LogP contribution >= 0.6 is 0 Å². The molecule has 2 bridgehead atoms. The minimum absolute atomic E-state index is 0.671. The van der Waals surface area contributed by atoms with Crippen LogP contribution in [-0.4, -0.2) is 0 Å². The van der Waals surface area contributed by atoms with Gasteiger partial charge in [-0.15, -0.1) is 0 Å². The maximum atomic E-state index is 2.46. The normalized spacial score (nSPS) is 36.0. The molecule has 0 heterocycles. The molecule has 4 rings (SSSR count). The van der Waals surface area contributed by atoms with Gasteiger partial charge in [0.2, 0.25) is 0 Å². The van der Waals surface area contributed by atoms with Gasteiger partial charge < -0.3 is 0 Å². The minimum atomic E-state index is 0.671. The summed E-state index contributed by atoms with van der Waals surface area (Å²) in [5, 5.41) is 0. The van der Waals surface area contributed by atoms with Crippen molar-refractivity contribution < 1.29 is 0 Å². The Bertz CT molecular complexity index is 549. The van der Waals surface area contributed by atoms with Gasteiger partial charge in [0.05, 0.1) is 0 Å². The third-order valence-corrected chi connectivity index (χ3v) is 4.83. The first-order valence-corrected chi connectivity index (χ1v) is 7.05. The first-order valence-electron chi connectivity index (χ1n) is 7.05. The molecule has 0 nitrogen and oxygen atoms in total. The average molecular weight is 234 g/mol. The zero-order valence-electron chi connectivity index (χ0n) is 10.5. The molecule has 0 heteroatoms. The zero-order valence-corrected chi connectivity index (χ0v) is 10.5. The highest BCUT2D eigenvalue weighted by Gasteiger charge is 2.34. The van der Waals surface area contributed by atoms with Gasteiger partial charge in [0.15, 0.2) is 0 Å². The summed E-state index contributed by atoms with van der Waals surface area (Å²) in [7, 11) is 0. The smallest absolute Gasteiger partial charge is 0.00518 e. The summed E-state index contributed by atoms with van der Waals surface area (Å²) in [5.41, 5.74) is 4.72. The Kier molecular flexibility index (Phi) is 2.29. The summed E-state index contributed by atoms with van der Waals surface area (Å²) in [4.78, 5) is 0. The maximum Gasteiger partial charge on any atom is 0.00518 e. The van der Waals surface area contributed by atoms with Gasteiger partial charge in [-0.05, 0) is 42.2 Å². The summed E-state index contributed by atoms with van der Waals surface area (Å²) < 4.78 is 0. The highest BCUT2D eigenvalue weighted by Crippen LogP contribution is 2.47. The van der Waals surface area contributed by atoms with Crippen molar-refractivity contribution in [1.82, 2.24) is 0 Å². The predicted molar refractivity (Wildman–Crippen MR) is 76.0 cm³/mol. The Morgan fingerprint density at radius 3 is 2.83 bits per heavy atom. The van der Waals surface area contributed by atoms with Gasteiger partial charge in [0.25, 0.3) is 0 Å². The fourth-order valence-electron chi connectivity index (χ4n) is 3.94.